The predicted molar refractivity (Wildman–Crippen MR) is 76.7 cm³/mol. The van der Waals surface area contributed by atoms with Gasteiger partial charge in [-0.25, -0.2) is 0 Å². The minimum atomic E-state index is 0.175. The lowest BCUT2D eigenvalue weighted by atomic mass is 9.95. The summed E-state index contributed by atoms with van der Waals surface area (Å²) in [5.41, 5.74) is 2.83. The van der Waals surface area contributed by atoms with Gasteiger partial charge in [0.15, 0.2) is 0 Å². The molecule has 1 unspecified atom stereocenters. The first-order valence-corrected chi connectivity index (χ1v) is 6.91. The summed E-state index contributed by atoms with van der Waals surface area (Å²) in [6.45, 7) is 4.98. The van der Waals surface area contributed by atoms with Crippen molar-refractivity contribution in [2.45, 2.75) is 39.2 Å². The molecule has 1 aromatic rings. The molecule has 0 heterocycles. The summed E-state index contributed by atoms with van der Waals surface area (Å²) < 4.78 is 5.70. The average Bonchev–Trinajstić information content (AvgIpc) is 2.39. The van der Waals surface area contributed by atoms with Crippen LogP contribution >= 0.6 is 11.6 Å². The van der Waals surface area contributed by atoms with Crippen molar-refractivity contribution in [1.82, 2.24) is 5.43 Å². The SMILES string of the molecule is CCC(CC)CC(COc1cccc(Cl)c1)NN. The van der Waals surface area contributed by atoms with Crippen molar-refractivity contribution in [3.05, 3.63) is 29.3 Å². The van der Waals surface area contributed by atoms with E-state index >= 15 is 0 Å². The summed E-state index contributed by atoms with van der Waals surface area (Å²) in [4.78, 5) is 0. The van der Waals surface area contributed by atoms with Gasteiger partial charge in [-0.3, -0.25) is 11.3 Å². The van der Waals surface area contributed by atoms with Crippen molar-refractivity contribution >= 4 is 11.6 Å². The first kappa shape index (κ1) is 15.3. The Bertz CT molecular complexity index is 342. The zero-order valence-electron chi connectivity index (χ0n) is 11.2. The number of nitrogens with one attached hydrogen (secondary N) is 1. The highest BCUT2D eigenvalue weighted by atomic mass is 35.5. The van der Waals surface area contributed by atoms with Gasteiger partial charge in [-0.15, -0.1) is 0 Å². The van der Waals surface area contributed by atoms with Gasteiger partial charge >= 0.3 is 0 Å². The maximum absolute atomic E-state index is 5.90. The van der Waals surface area contributed by atoms with Gasteiger partial charge in [0.05, 0.1) is 6.04 Å². The lowest BCUT2D eigenvalue weighted by molar-refractivity contribution is 0.235. The van der Waals surface area contributed by atoms with Gasteiger partial charge in [-0.2, -0.15) is 0 Å². The molecule has 3 nitrogen and oxygen atoms in total. The Balaban J connectivity index is 2.44. The fourth-order valence-corrected chi connectivity index (χ4v) is 2.14. The lowest BCUT2D eigenvalue weighted by Gasteiger charge is -2.21. The van der Waals surface area contributed by atoms with Crippen molar-refractivity contribution in [2.24, 2.45) is 11.8 Å². The molecule has 1 atom stereocenters. The zero-order valence-corrected chi connectivity index (χ0v) is 11.9. The molecule has 0 bridgehead atoms. The molecule has 0 radical (unpaired) electrons. The van der Waals surface area contributed by atoms with Crippen LogP contribution < -0.4 is 16.0 Å². The summed E-state index contributed by atoms with van der Waals surface area (Å²) >= 11 is 5.90. The molecule has 1 rings (SSSR count). The van der Waals surface area contributed by atoms with Crippen LogP contribution in [0.3, 0.4) is 0 Å². The number of hydrazine groups is 1. The molecule has 102 valence electrons. The number of nitrogens with two attached hydrogens (primary N) is 1. The normalized spacial score (nSPS) is 12.7. The van der Waals surface area contributed by atoms with Crippen LogP contribution in [-0.4, -0.2) is 12.6 Å². The molecular weight excluding hydrogens is 248 g/mol. The highest BCUT2D eigenvalue weighted by molar-refractivity contribution is 6.30. The van der Waals surface area contributed by atoms with Gasteiger partial charge < -0.3 is 4.74 Å². The molecule has 1 aromatic carbocycles. The second-order valence-corrected chi connectivity index (χ2v) is 4.99. The van der Waals surface area contributed by atoms with E-state index in [2.05, 4.69) is 19.3 Å². The second kappa shape index (κ2) is 8.35. The van der Waals surface area contributed by atoms with Gasteiger partial charge in [0.2, 0.25) is 0 Å². The van der Waals surface area contributed by atoms with Crippen LogP contribution in [0.4, 0.5) is 0 Å². The van der Waals surface area contributed by atoms with E-state index < -0.39 is 0 Å². The van der Waals surface area contributed by atoms with Crippen LogP contribution in [0.2, 0.25) is 5.02 Å². The van der Waals surface area contributed by atoms with Crippen molar-refractivity contribution in [3.63, 3.8) is 0 Å². The summed E-state index contributed by atoms with van der Waals surface area (Å²) in [7, 11) is 0. The Kier molecular flexibility index (Phi) is 7.09. The standard InChI is InChI=1S/C14H23ClN2O/c1-3-11(4-2)8-13(17-16)10-18-14-7-5-6-12(15)9-14/h5-7,9,11,13,17H,3-4,8,10,16H2,1-2H3. The van der Waals surface area contributed by atoms with Gasteiger partial charge in [-0.05, 0) is 30.5 Å². The van der Waals surface area contributed by atoms with Gasteiger partial charge in [0.25, 0.3) is 0 Å². The topological polar surface area (TPSA) is 47.3 Å². The van der Waals surface area contributed by atoms with Crippen LogP contribution in [0.5, 0.6) is 5.75 Å². The molecule has 18 heavy (non-hydrogen) atoms. The highest BCUT2D eigenvalue weighted by Crippen LogP contribution is 2.19. The van der Waals surface area contributed by atoms with Crippen LogP contribution in [0.25, 0.3) is 0 Å². The number of halogens is 1. The minimum absolute atomic E-state index is 0.175. The monoisotopic (exact) mass is 270 g/mol. The van der Waals surface area contributed by atoms with Crippen LogP contribution in [-0.2, 0) is 0 Å². The zero-order chi connectivity index (χ0) is 13.4. The van der Waals surface area contributed by atoms with Crippen LogP contribution in [0.15, 0.2) is 24.3 Å². The fraction of sp³-hybridized carbons (Fsp3) is 0.571. The van der Waals surface area contributed by atoms with Crippen molar-refractivity contribution in [2.75, 3.05) is 6.61 Å². The number of hydrogen-bond acceptors (Lipinski definition) is 3. The summed E-state index contributed by atoms with van der Waals surface area (Å²) in [6.07, 6.45) is 3.38. The molecule has 0 saturated heterocycles. The van der Waals surface area contributed by atoms with E-state index in [9.17, 15) is 0 Å². The summed E-state index contributed by atoms with van der Waals surface area (Å²) in [5.74, 6) is 7.04. The second-order valence-electron chi connectivity index (χ2n) is 4.55. The molecule has 0 fully saturated rings. The van der Waals surface area contributed by atoms with Crippen LogP contribution in [0.1, 0.15) is 33.1 Å². The Labute approximate surface area is 115 Å². The van der Waals surface area contributed by atoms with E-state index in [4.69, 9.17) is 22.2 Å². The largest absolute Gasteiger partial charge is 0.492 e. The lowest BCUT2D eigenvalue weighted by Crippen LogP contribution is -2.40. The molecule has 3 N–H and O–H groups in total. The molecule has 0 aliphatic heterocycles. The molecular formula is C14H23ClN2O. The maximum Gasteiger partial charge on any atom is 0.120 e. The van der Waals surface area contributed by atoms with E-state index in [1.807, 2.05) is 24.3 Å². The maximum atomic E-state index is 5.90. The van der Waals surface area contributed by atoms with Gasteiger partial charge in [0, 0.05) is 5.02 Å². The third kappa shape index (κ3) is 5.25. The van der Waals surface area contributed by atoms with E-state index in [-0.39, 0.29) is 6.04 Å². The van der Waals surface area contributed by atoms with E-state index in [1.165, 1.54) is 12.8 Å². The van der Waals surface area contributed by atoms with Crippen molar-refractivity contribution < 1.29 is 4.74 Å². The molecule has 0 amide bonds. The first-order chi connectivity index (χ1) is 8.69. The van der Waals surface area contributed by atoms with Crippen molar-refractivity contribution in [1.29, 1.82) is 0 Å². The molecule has 0 aliphatic rings. The molecule has 0 aliphatic carbocycles. The molecule has 0 saturated carbocycles. The molecule has 0 aromatic heterocycles. The summed E-state index contributed by atoms with van der Waals surface area (Å²) in [5, 5.41) is 0.685. The van der Waals surface area contributed by atoms with E-state index in [0.29, 0.717) is 17.5 Å². The Hall–Kier alpha value is -0.770. The summed E-state index contributed by atoms with van der Waals surface area (Å²) in [6, 6.07) is 7.60. The first-order valence-electron chi connectivity index (χ1n) is 6.54. The van der Waals surface area contributed by atoms with Crippen LogP contribution in [0, 0.1) is 5.92 Å². The number of rotatable bonds is 8. The Morgan fingerprint density at radius 3 is 2.61 bits per heavy atom. The third-order valence-electron chi connectivity index (χ3n) is 3.26. The Morgan fingerprint density at radius 2 is 2.06 bits per heavy atom. The smallest absolute Gasteiger partial charge is 0.120 e. The fourth-order valence-electron chi connectivity index (χ4n) is 1.96. The Morgan fingerprint density at radius 1 is 1.33 bits per heavy atom. The van der Waals surface area contributed by atoms with E-state index in [1.54, 1.807) is 0 Å². The predicted octanol–water partition coefficient (Wildman–Crippen LogP) is 3.38. The number of benzene rings is 1. The molecule has 0 spiro atoms. The number of hydrogen-bond donors (Lipinski definition) is 2. The third-order valence-corrected chi connectivity index (χ3v) is 3.49. The van der Waals surface area contributed by atoms with E-state index in [0.717, 1.165) is 12.2 Å². The highest BCUT2D eigenvalue weighted by Gasteiger charge is 2.13. The quantitative estimate of drug-likeness (QED) is 0.562. The van der Waals surface area contributed by atoms with Gasteiger partial charge in [0.1, 0.15) is 12.4 Å². The molecule has 4 heteroatoms. The van der Waals surface area contributed by atoms with Crippen molar-refractivity contribution in [3.8, 4) is 5.75 Å². The van der Waals surface area contributed by atoms with Gasteiger partial charge in [-0.1, -0.05) is 44.4 Å². The number of ether oxygens (including phenoxy) is 1. The minimum Gasteiger partial charge on any atom is -0.492 e. The average molecular weight is 271 g/mol.